The Morgan fingerprint density at radius 3 is 2.96 bits per heavy atom. The second-order valence-electron chi connectivity index (χ2n) is 5.86. The molecule has 0 aliphatic carbocycles. The largest absolute Gasteiger partial charge is 0.337 e. The van der Waals surface area contributed by atoms with E-state index in [0.29, 0.717) is 11.6 Å². The molecular weight excluding hydrogens is 313 g/mol. The van der Waals surface area contributed by atoms with Crippen LogP contribution < -0.4 is 5.32 Å². The number of thiazole rings is 1. The van der Waals surface area contributed by atoms with Crippen LogP contribution in [0.15, 0.2) is 29.6 Å². The maximum absolute atomic E-state index is 13.0. The van der Waals surface area contributed by atoms with Gasteiger partial charge in [0.1, 0.15) is 16.5 Å². The zero-order valence-corrected chi connectivity index (χ0v) is 13.9. The lowest BCUT2D eigenvalue weighted by Gasteiger charge is -2.32. The van der Waals surface area contributed by atoms with E-state index in [2.05, 4.69) is 10.3 Å². The summed E-state index contributed by atoms with van der Waals surface area (Å²) in [5, 5.41) is 5.73. The smallest absolute Gasteiger partial charge is 0.273 e. The minimum Gasteiger partial charge on any atom is -0.337 e. The highest BCUT2D eigenvalue weighted by atomic mass is 32.1. The van der Waals surface area contributed by atoms with Gasteiger partial charge in [0.25, 0.3) is 5.91 Å². The summed E-state index contributed by atoms with van der Waals surface area (Å²) in [5.41, 5.74) is 1.32. The molecule has 1 aromatic heterocycles. The summed E-state index contributed by atoms with van der Waals surface area (Å²) in [7, 11) is 1.94. The number of carbonyl (C=O) groups excluding carboxylic acids is 1. The molecule has 0 bridgehead atoms. The van der Waals surface area contributed by atoms with E-state index in [1.807, 2.05) is 11.9 Å². The number of amides is 1. The first-order chi connectivity index (χ1) is 11.2. The lowest BCUT2D eigenvalue weighted by Crippen LogP contribution is -2.42. The van der Waals surface area contributed by atoms with Gasteiger partial charge in [-0.3, -0.25) is 4.79 Å². The highest BCUT2D eigenvalue weighted by Gasteiger charge is 2.25. The van der Waals surface area contributed by atoms with Crippen molar-refractivity contribution in [1.29, 1.82) is 0 Å². The summed E-state index contributed by atoms with van der Waals surface area (Å²) in [5.74, 6) is 0.230. The van der Waals surface area contributed by atoms with Crippen LogP contribution in [0.2, 0.25) is 0 Å². The first-order valence-corrected chi connectivity index (χ1v) is 8.70. The highest BCUT2D eigenvalue weighted by molar-refractivity contribution is 7.13. The Morgan fingerprint density at radius 2 is 2.22 bits per heavy atom. The molecule has 0 spiro atoms. The van der Waals surface area contributed by atoms with Crippen molar-refractivity contribution in [2.45, 2.75) is 12.8 Å². The van der Waals surface area contributed by atoms with E-state index in [9.17, 15) is 9.18 Å². The number of rotatable bonds is 4. The average Bonchev–Trinajstić information content (AvgIpc) is 3.05. The van der Waals surface area contributed by atoms with Crippen molar-refractivity contribution >= 4 is 17.2 Å². The Bertz CT molecular complexity index is 669. The number of benzene rings is 1. The molecule has 23 heavy (non-hydrogen) atoms. The van der Waals surface area contributed by atoms with Crippen LogP contribution in [0, 0.1) is 11.7 Å². The SMILES string of the molecule is CNCC1CCCN(C(=O)c2csc(-c3ccc(F)cc3)n2)C1. The number of likely N-dealkylation sites (tertiary alicyclic amines) is 1. The quantitative estimate of drug-likeness (QED) is 0.935. The van der Waals surface area contributed by atoms with Gasteiger partial charge < -0.3 is 10.2 Å². The molecule has 1 N–H and O–H groups in total. The molecule has 2 heterocycles. The van der Waals surface area contributed by atoms with Gasteiger partial charge in [0.2, 0.25) is 0 Å². The predicted molar refractivity (Wildman–Crippen MR) is 90.1 cm³/mol. The monoisotopic (exact) mass is 333 g/mol. The number of piperidine rings is 1. The molecule has 2 aromatic rings. The average molecular weight is 333 g/mol. The fourth-order valence-corrected chi connectivity index (χ4v) is 3.76. The molecule has 0 saturated carbocycles. The fraction of sp³-hybridized carbons (Fsp3) is 0.412. The van der Waals surface area contributed by atoms with Crippen molar-refractivity contribution < 1.29 is 9.18 Å². The van der Waals surface area contributed by atoms with E-state index in [4.69, 9.17) is 0 Å². The zero-order chi connectivity index (χ0) is 16.2. The van der Waals surface area contributed by atoms with Crippen LogP contribution in [-0.4, -0.2) is 42.5 Å². The lowest BCUT2D eigenvalue weighted by molar-refractivity contribution is 0.0669. The van der Waals surface area contributed by atoms with Gasteiger partial charge in [-0.25, -0.2) is 9.37 Å². The number of nitrogens with one attached hydrogen (secondary N) is 1. The van der Waals surface area contributed by atoms with Crippen LogP contribution in [-0.2, 0) is 0 Å². The van der Waals surface area contributed by atoms with E-state index < -0.39 is 0 Å². The molecular formula is C17H20FN3OS. The summed E-state index contributed by atoms with van der Waals surface area (Å²) < 4.78 is 13.0. The summed E-state index contributed by atoms with van der Waals surface area (Å²) in [4.78, 5) is 19.0. The fourth-order valence-electron chi connectivity index (χ4n) is 2.96. The molecule has 6 heteroatoms. The maximum Gasteiger partial charge on any atom is 0.273 e. The van der Waals surface area contributed by atoms with Gasteiger partial charge in [0.15, 0.2) is 0 Å². The third kappa shape index (κ3) is 3.76. The summed E-state index contributed by atoms with van der Waals surface area (Å²) >= 11 is 1.42. The Labute approximate surface area is 139 Å². The molecule has 1 aliphatic heterocycles. The molecule has 3 rings (SSSR count). The second-order valence-corrected chi connectivity index (χ2v) is 6.72. The molecule has 1 aliphatic rings. The van der Waals surface area contributed by atoms with Gasteiger partial charge in [-0.2, -0.15) is 0 Å². The van der Waals surface area contributed by atoms with E-state index in [1.54, 1.807) is 17.5 Å². The molecule has 122 valence electrons. The van der Waals surface area contributed by atoms with Gasteiger partial charge >= 0.3 is 0 Å². The minimum absolute atomic E-state index is 0.00425. The summed E-state index contributed by atoms with van der Waals surface area (Å²) in [6.45, 7) is 2.51. The van der Waals surface area contributed by atoms with Gasteiger partial charge in [-0.15, -0.1) is 11.3 Å². The third-order valence-electron chi connectivity index (χ3n) is 4.11. The Kier molecular flexibility index (Phi) is 5.03. The third-order valence-corrected chi connectivity index (χ3v) is 5.00. The Balaban J connectivity index is 1.72. The molecule has 1 fully saturated rings. The molecule has 1 saturated heterocycles. The zero-order valence-electron chi connectivity index (χ0n) is 13.1. The lowest BCUT2D eigenvalue weighted by atomic mass is 9.98. The van der Waals surface area contributed by atoms with Crippen molar-refractivity contribution in [3.63, 3.8) is 0 Å². The number of halogens is 1. The summed E-state index contributed by atoms with van der Waals surface area (Å²) in [6.07, 6.45) is 2.19. The predicted octanol–water partition coefficient (Wildman–Crippen LogP) is 3.02. The Morgan fingerprint density at radius 1 is 1.43 bits per heavy atom. The van der Waals surface area contributed by atoms with Gasteiger partial charge in [-0.1, -0.05) is 0 Å². The van der Waals surface area contributed by atoms with Crippen molar-refractivity contribution in [2.24, 2.45) is 5.92 Å². The number of aromatic nitrogens is 1. The molecule has 1 atom stereocenters. The van der Waals surface area contributed by atoms with E-state index >= 15 is 0 Å². The number of hydrogen-bond acceptors (Lipinski definition) is 4. The van der Waals surface area contributed by atoms with Crippen molar-refractivity contribution in [2.75, 3.05) is 26.7 Å². The van der Waals surface area contributed by atoms with Gasteiger partial charge in [0.05, 0.1) is 0 Å². The highest BCUT2D eigenvalue weighted by Crippen LogP contribution is 2.25. The van der Waals surface area contributed by atoms with E-state index in [0.717, 1.165) is 43.0 Å². The van der Waals surface area contributed by atoms with Crippen LogP contribution in [0.25, 0.3) is 10.6 Å². The van der Waals surface area contributed by atoms with Crippen molar-refractivity contribution in [1.82, 2.24) is 15.2 Å². The standard InChI is InChI=1S/C17H20FN3OS/c1-19-9-12-3-2-8-21(10-12)17(22)15-11-23-16(20-15)13-4-6-14(18)7-5-13/h4-7,11-12,19H,2-3,8-10H2,1H3. The van der Waals surface area contributed by atoms with Crippen LogP contribution in [0.5, 0.6) is 0 Å². The second kappa shape index (κ2) is 7.19. The first-order valence-electron chi connectivity index (χ1n) is 7.82. The van der Waals surface area contributed by atoms with Crippen molar-refractivity contribution in [3.05, 3.63) is 41.2 Å². The number of nitrogens with zero attached hydrogens (tertiary/aromatic N) is 2. The minimum atomic E-state index is -0.273. The van der Waals surface area contributed by atoms with Gasteiger partial charge in [0, 0.05) is 24.0 Å². The van der Waals surface area contributed by atoms with Crippen LogP contribution in [0.3, 0.4) is 0 Å². The van der Waals surface area contributed by atoms with Crippen molar-refractivity contribution in [3.8, 4) is 10.6 Å². The first kappa shape index (κ1) is 16.1. The Hall–Kier alpha value is -1.79. The van der Waals surface area contributed by atoms with Crippen LogP contribution >= 0.6 is 11.3 Å². The maximum atomic E-state index is 13.0. The van der Waals surface area contributed by atoms with Gasteiger partial charge in [-0.05, 0) is 56.6 Å². The van der Waals surface area contributed by atoms with Crippen LogP contribution in [0.4, 0.5) is 4.39 Å². The topological polar surface area (TPSA) is 45.2 Å². The normalized spacial score (nSPS) is 18.2. The summed E-state index contributed by atoms with van der Waals surface area (Å²) in [6, 6.07) is 6.19. The molecule has 1 unspecified atom stereocenters. The molecule has 4 nitrogen and oxygen atoms in total. The van der Waals surface area contributed by atoms with E-state index in [1.165, 1.54) is 23.5 Å². The number of hydrogen-bond donors (Lipinski definition) is 1. The van der Waals surface area contributed by atoms with E-state index in [-0.39, 0.29) is 11.7 Å². The van der Waals surface area contributed by atoms with Crippen LogP contribution in [0.1, 0.15) is 23.3 Å². The number of carbonyl (C=O) groups is 1. The molecule has 1 amide bonds. The molecule has 0 radical (unpaired) electrons. The molecule has 1 aromatic carbocycles.